The van der Waals surface area contributed by atoms with E-state index in [2.05, 4.69) is 71.6 Å². The summed E-state index contributed by atoms with van der Waals surface area (Å²) >= 11 is 2.28. The molecule has 0 N–H and O–H groups in total. The zero-order valence-electron chi connectivity index (χ0n) is 11.0. The molecule has 0 aromatic heterocycles. The van der Waals surface area contributed by atoms with E-state index in [1.165, 1.54) is 3.57 Å². The van der Waals surface area contributed by atoms with E-state index in [4.69, 9.17) is 4.74 Å². The van der Waals surface area contributed by atoms with E-state index in [1.54, 1.807) is 0 Å². The summed E-state index contributed by atoms with van der Waals surface area (Å²) in [5.41, 5.74) is 4.28. The fraction of sp³-hybridized carbons (Fsp3) is 0.333. The minimum absolute atomic E-state index is 0.436. The van der Waals surface area contributed by atoms with Gasteiger partial charge in [-0.1, -0.05) is 43.5 Å². The third-order valence-electron chi connectivity index (χ3n) is 1.87. The Hall–Kier alpha value is -0.753. The molecule has 94 valence electrons. The van der Waals surface area contributed by atoms with E-state index in [9.17, 15) is 0 Å². The zero-order chi connectivity index (χ0) is 13.4. The van der Waals surface area contributed by atoms with Crippen LogP contribution in [0.4, 0.5) is 0 Å². The fourth-order valence-electron chi connectivity index (χ4n) is 1.16. The van der Waals surface area contributed by atoms with Gasteiger partial charge in [0.1, 0.15) is 21.3 Å². The molecule has 0 fully saturated rings. The molecule has 0 amide bonds. The van der Waals surface area contributed by atoms with Crippen LogP contribution in [-0.2, 0) is 4.74 Å². The van der Waals surface area contributed by atoms with Crippen LogP contribution in [0, 0.1) is 26.9 Å². The summed E-state index contributed by atoms with van der Waals surface area (Å²) in [6.45, 7) is 7.57. The highest BCUT2D eigenvalue weighted by Gasteiger charge is 2.06. The Morgan fingerprint density at radius 1 is 1.17 bits per heavy atom. The van der Waals surface area contributed by atoms with Crippen LogP contribution in [0.15, 0.2) is 24.3 Å². The van der Waals surface area contributed by atoms with Gasteiger partial charge in [-0.2, -0.15) is 0 Å². The lowest BCUT2D eigenvalue weighted by Gasteiger charge is -2.02. The fourth-order valence-corrected chi connectivity index (χ4v) is 2.30. The Balaban J connectivity index is 2.33. The molecule has 0 aliphatic carbocycles. The van der Waals surface area contributed by atoms with E-state index < -0.39 is 8.07 Å². The minimum Gasteiger partial charge on any atom is -0.356 e. The summed E-state index contributed by atoms with van der Waals surface area (Å²) in [4.78, 5) is 0. The Morgan fingerprint density at radius 3 is 2.56 bits per heavy atom. The van der Waals surface area contributed by atoms with Gasteiger partial charge in [0, 0.05) is 9.13 Å². The molecule has 1 aromatic rings. The average Bonchev–Trinajstić information content (AvgIpc) is 2.26. The lowest BCUT2D eigenvalue weighted by atomic mass is 10.2. The molecule has 0 saturated heterocycles. The van der Waals surface area contributed by atoms with Crippen molar-refractivity contribution in [1.29, 1.82) is 0 Å². The lowest BCUT2D eigenvalue weighted by molar-refractivity contribution is 0.204. The smallest absolute Gasteiger partial charge is 0.129 e. The number of benzene rings is 1. The molecule has 0 unspecified atom stereocenters. The molecule has 0 bridgehead atoms. The van der Waals surface area contributed by atoms with Crippen molar-refractivity contribution in [3.05, 3.63) is 33.4 Å². The van der Waals surface area contributed by atoms with Gasteiger partial charge in [-0.05, 0) is 40.8 Å². The number of halogens is 1. The SMILES string of the molecule is C[Si](C)(C)C#CCOCC#Cc1cccc(I)c1. The summed E-state index contributed by atoms with van der Waals surface area (Å²) in [5.74, 6) is 9.12. The normalized spacial score (nSPS) is 10.0. The standard InChI is InChI=1S/C15H17IOSi/c1-18(2,3)12-6-11-17-10-5-8-14-7-4-9-15(16)13-14/h4,7,9,13H,10-11H2,1-3H3. The highest BCUT2D eigenvalue weighted by molar-refractivity contribution is 14.1. The first-order valence-electron chi connectivity index (χ1n) is 5.79. The van der Waals surface area contributed by atoms with Crippen molar-refractivity contribution in [3.8, 4) is 23.3 Å². The van der Waals surface area contributed by atoms with Crippen molar-refractivity contribution >= 4 is 30.7 Å². The number of hydrogen-bond donors (Lipinski definition) is 0. The largest absolute Gasteiger partial charge is 0.356 e. The van der Waals surface area contributed by atoms with Crippen molar-refractivity contribution in [2.24, 2.45) is 0 Å². The molecule has 0 heterocycles. The van der Waals surface area contributed by atoms with Gasteiger partial charge < -0.3 is 4.74 Å². The maximum absolute atomic E-state index is 5.35. The van der Waals surface area contributed by atoms with Gasteiger partial charge in [-0.25, -0.2) is 0 Å². The van der Waals surface area contributed by atoms with Gasteiger partial charge in [0.25, 0.3) is 0 Å². The Kier molecular flexibility index (Phi) is 6.49. The van der Waals surface area contributed by atoms with Gasteiger partial charge in [0.05, 0.1) is 0 Å². The zero-order valence-corrected chi connectivity index (χ0v) is 14.2. The summed E-state index contributed by atoms with van der Waals surface area (Å²) in [5, 5.41) is 0. The summed E-state index contributed by atoms with van der Waals surface area (Å²) in [7, 11) is -1.26. The molecule has 1 aromatic carbocycles. The van der Waals surface area contributed by atoms with Crippen LogP contribution in [0.1, 0.15) is 5.56 Å². The maximum Gasteiger partial charge on any atom is 0.129 e. The second-order valence-corrected chi connectivity index (χ2v) is 10.9. The minimum atomic E-state index is -1.26. The van der Waals surface area contributed by atoms with Crippen LogP contribution in [0.2, 0.25) is 19.6 Å². The molecule has 1 rings (SSSR count). The van der Waals surface area contributed by atoms with E-state index in [-0.39, 0.29) is 0 Å². The second kappa shape index (κ2) is 7.63. The lowest BCUT2D eigenvalue weighted by Crippen LogP contribution is -2.16. The highest BCUT2D eigenvalue weighted by atomic mass is 127. The van der Waals surface area contributed by atoms with Gasteiger partial charge in [-0.3, -0.25) is 0 Å². The van der Waals surface area contributed by atoms with Crippen LogP contribution in [0.3, 0.4) is 0 Å². The first kappa shape index (κ1) is 15.3. The summed E-state index contributed by atoms with van der Waals surface area (Å²) in [6.07, 6.45) is 0. The molecule has 18 heavy (non-hydrogen) atoms. The number of hydrogen-bond acceptors (Lipinski definition) is 1. The second-order valence-electron chi connectivity index (χ2n) is 4.86. The third kappa shape index (κ3) is 7.55. The highest BCUT2D eigenvalue weighted by Crippen LogP contribution is 2.06. The van der Waals surface area contributed by atoms with Crippen LogP contribution in [0.5, 0.6) is 0 Å². The molecule has 0 spiro atoms. The van der Waals surface area contributed by atoms with E-state index >= 15 is 0 Å². The molecule has 0 aliphatic rings. The average molecular weight is 368 g/mol. The summed E-state index contributed by atoms with van der Waals surface area (Å²) in [6, 6.07) is 8.11. The molecular weight excluding hydrogens is 351 g/mol. The van der Waals surface area contributed by atoms with Crippen molar-refractivity contribution < 1.29 is 4.74 Å². The molecular formula is C15H17IOSi. The maximum atomic E-state index is 5.35. The molecule has 1 nitrogen and oxygen atoms in total. The van der Waals surface area contributed by atoms with Crippen LogP contribution >= 0.6 is 22.6 Å². The van der Waals surface area contributed by atoms with Crippen LogP contribution in [-0.4, -0.2) is 21.3 Å². The number of ether oxygens (including phenoxy) is 1. The predicted molar refractivity (Wildman–Crippen MR) is 88.0 cm³/mol. The summed E-state index contributed by atoms with van der Waals surface area (Å²) < 4.78 is 6.55. The van der Waals surface area contributed by atoms with Gasteiger partial charge in [-0.15, -0.1) is 5.54 Å². The van der Waals surface area contributed by atoms with Gasteiger partial charge in [0.2, 0.25) is 0 Å². The predicted octanol–water partition coefficient (Wildman–Crippen LogP) is 3.54. The van der Waals surface area contributed by atoms with Crippen molar-refractivity contribution in [3.63, 3.8) is 0 Å². The Labute approximate surface area is 124 Å². The van der Waals surface area contributed by atoms with E-state index in [0.717, 1.165) is 5.56 Å². The molecule has 0 radical (unpaired) electrons. The Bertz CT molecular complexity index is 509. The molecule has 0 saturated carbocycles. The first-order chi connectivity index (χ1) is 8.47. The van der Waals surface area contributed by atoms with Crippen molar-refractivity contribution in [2.45, 2.75) is 19.6 Å². The van der Waals surface area contributed by atoms with E-state index in [1.807, 2.05) is 18.2 Å². The van der Waals surface area contributed by atoms with Crippen molar-refractivity contribution in [2.75, 3.05) is 13.2 Å². The third-order valence-corrected chi connectivity index (χ3v) is 3.47. The first-order valence-corrected chi connectivity index (χ1v) is 10.4. The molecule has 0 aliphatic heterocycles. The van der Waals surface area contributed by atoms with Gasteiger partial charge in [0.15, 0.2) is 0 Å². The molecule has 0 atom stereocenters. The monoisotopic (exact) mass is 368 g/mol. The number of rotatable bonds is 2. The molecule has 3 heteroatoms. The van der Waals surface area contributed by atoms with Crippen LogP contribution < -0.4 is 0 Å². The van der Waals surface area contributed by atoms with E-state index in [0.29, 0.717) is 13.2 Å². The van der Waals surface area contributed by atoms with Crippen molar-refractivity contribution in [1.82, 2.24) is 0 Å². The quantitative estimate of drug-likeness (QED) is 0.336. The van der Waals surface area contributed by atoms with Crippen LogP contribution in [0.25, 0.3) is 0 Å². The van der Waals surface area contributed by atoms with Gasteiger partial charge >= 0.3 is 0 Å². The Morgan fingerprint density at radius 2 is 1.89 bits per heavy atom. The topological polar surface area (TPSA) is 9.23 Å².